The Balaban J connectivity index is 1.64. The van der Waals surface area contributed by atoms with E-state index in [1.165, 1.54) is 22.6 Å². The number of nitrogens with one attached hydrogen (secondary N) is 1. The summed E-state index contributed by atoms with van der Waals surface area (Å²) in [7, 11) is 0. The van der Waals surface area contributed by atoms with E-state index >= 15 is 0 Å². The van der Waals surface area contributed by atoms with E-state index in [-0.39, 0.29) is 12.0 Å². The second-order valence-corrected chi connectivity index (χ2v) is 6.11. The number of alkyl halides is 3. The van der Waals surface area contributed by atoms with Crippen LogP contribution in [0.4, 0.5) is 13.2 Å². The predicted molar refractivity (Wildman–Crippen MR) is 68.7 cm³/mol. The Kier molecular flexibility index (Phi) is 2.24. The molecule has 0 amide bonds. The standard InChI is InChI=1S/C14H10F3NS/c15-14(16,17)8-3-1-7(2-4-8)9-5-6-10-12-11(9)18-13(10)19-12/h1-6,9,11,13,18H. The predicted octanol–water partition coefficient (Wildman–Crippen LogP) is 3.66. The number of thioether (sulfide) groups is 1. The molecule has 3 atom stereocenters. The van der Waals surface area contributed by atoms with Crippen LogP contribution in [0.3, 0.4) is 0 Å². The summed E-state index contributed by atoms with van der Waals surface area (Å²) in [6.07, 6.45) is -0.0617. The smallest absolute Gasteiger partial charge is 0.293 e. The summed E-state index contributed by atoms with van der Waals surface area (Å²) in [5.41, 5.74) is 1.70. The molecule has 4 bridgehead atoms. The largest absolute Gasteiger partial charge is 0.416 e. The first-order chi connectivity index (χ1) is 9.04. The molecule has 1 aliphatic carbocycles. The highest BCUT2D eigenvalue weighted by molar-refractivity contribution is 8.05. The number of rotatable bonds is 1. The van der Waals surface area contributed by atoms with Crippen molar-refractivity contribution in [3.8, 4) is 0 Å². The van der Waals surface area contributed by atoms with Gasteiger partial charge in [-0.15, -0.1) is 11.8 Å². The maximum absolute atomic E-state index is 12.5. The summed E-state index contributed by atoms with van der Waals surface area (Å²) in [5, 5.41) is 3.89. The van der Waals surface area contributed by atoms with Gasteiger partial charge in [-0.3, -0.25) is 5.32 Å². The minimum Gasteiger partial charge on any atom is -0.293 e. The summed E-state index contributed by atoms with van der Waals surface area (Å²) >= 11 is 1.83. The fraction of sp³-hybridized carbons (Fsp3) is 0.286. The monoisotopic (exact) mass is 281 g/mol. The van der Waals surface area contributed by atoms with Crippen molar-refractivity contribution in [3.63, 3.8) is 0 Å². The minimum atomic E-state index is -4.26. The van der Waals surface area contributed by atoms with Gasteiger partial charge >= 0.3 is 6.18 Å². The van der Waals surface area contributed by atoms with E-state index in [2.05, 4.69) is 17.5 Å². The van der Waals surface area contributed by atoms with Gasteiger partial charge < -0.3 is 0 Å². The van der Waals surface area contributed by atoms with Crippen molar-refractivity contribution in [2.75, 3.05) is 0 Å². The molecule has 1 N–H and O–H groups in total. The molecular weight excluding hydrogens is 271 g/mol. The molecule has 19 heavy (non-hydrogen) atoms. The van der Waals surface area contributed by atoms with Gasteiger partial charge in [0.15, 0.2) is 0 Å². The van der Waals surface area contributed by atoms with Crippen molar-refractivity contribution in [1.82, 2.24) is 5.32 Å². The third kappa shape index (κ3) is 1.61. The van der Waals surface area contributed by atoms with Gasteiger partial charge in [0.2, 0.25) is 0 Å². The zero-order chi connectivity index (χ0) is 13.2. The highest BCUT2D eigenvalue weighted by atomic mass is 32.2. The lowest BCUT2D eigenvalue weighted by atomic mass is 9.87. The minimum absolute atomic E-state index is 0.140. The van der Waals surface area contributed by atoms with Gasteiger partial charge in [-0.05, 0) is 23.3 Å². The maximum Gasteiger partial charge on any atom is 0.416 e. The summed E-state index contributed by atoms with van der Waals surface area (Å²) < 4.78 is 37.6. The molecule has 0 radical (unpaired) electrons. The number of hydrogen-bond donors (Lipinski definition) is 1. The fourth-order valence-corrected chi connectivity index (χ4v) is 4.20. The molecule has 3 heterocycles. The molecule has 0 spiro atoms. The number of hydrogen-bond acceptors (Lipinski definition) is 2. The summed E-state index contributed by atoms with van der Waals surface area (Å²) in [5.74, 6) is 0.140. The van der Waals surface area contributed by atoms with Crippen LogP contribution >= 0.6 is 11.8 Å². The average Bonchev–Trinajstić information content (AvgIpc) is 2.88. The van der Waals surface area contributed by atoms with Gasteiger partial charge in [0.1, 0.15) is 0 Å². The Labute approximate surface area is 112 Å². The van der Waals surface area contributed by atoms with E-state index < -0.39 is 11.7 Å². The zero-order valence-electron chi connectivity index (χ0n) is 9.74. The molecule has 1 saturated heterocycles. The Morgan fingerprint density at radius 2 is 1.84 bits per heavy atom. The van der Waals surface area contributed by atoms with Crippen LogP contribution < -0.4 is 5.32 Å². The molecule has 1 aromatic rings. The van der Waals surface area contributed by atoms with Crippen LogP contribution in [0.2, 0.25) is 0 Å². The topological polar surface area (TPSA) is 12.0 Å². The van der Waals surface area contributed by atoms with Crippen molar-refractivity contribution >= 4 is 11.8 Å². The third-order valence-electron chi connectivity index (χ3n) is 3.89. The Morgan fingerprint density at radius 3 is 2.53 bits per heavy atom. The van der Waals surface area contributed by atoms with Gasteiger partial charge in [-0.25, -0.2) is 0 Å². The Morgan fingerprint density at radius 1 is 1.11 bits per heavy atom. The van der Waals surface area contributed by atoms with E-state index in [1.807, 2.05) is 11.8 Å². The fourth-order valence-electron chi connectivity index (χ4n) is 2.90. The van der Waals surface area contributed by atoms with Gasteiger partial charge in [-0.1, -0.05) is 24.3 Å². The highest BCUT2D eigenvalue weighted by Gasteiger charge is 2.47. The molecule has 98 valence electrons. The highest BCUT2D eigenvalue weighted by Crippen LogP contribution is 2.55. The Hall–Kier alpha value is -1.20. The SMILES string of the molecule is FC(F)(F)c1ccc(C2C=CC3=C4SC3NC42)cc1. The second kappa shape index (κ2) is 3.67. The van der Waals surface area contributed by atoms with Crippen LogP contribution in [0.25, 0.3) is 0 Å². The Bertz CT molecular complexity index is 600. The van der Waals surface area contributed by atoms with Crippen molar-refractivity contribution in [1.29, 1.82) is 0 Å². The van der Waals surface area contributed by atoms with Crippen LogP contribution in [0.5, 0.6) is 0 Å². The number of halogens is 3. The summed E-state index contributed by atoms with van der Waals surface area (Å²) in [6.45, 7) is 0. The average molecular weight is 281 g/mol. The molecule has 4 aliphatic rings. The van der Waals surface area contributed by atoms with Crippen LogP contribution in [0, 0.1) is 0 Å². The maximum atomic E-state index is 12.5. The lowest BCUT2D eigenvalue weighted by Gasteiger charge is -2.26. The van der Waals surface area contributed by atoms with E-state index in [0.717, 1.165) is 5.56 Å². The van der Waals surface area contributed by atoms with Crippen LogP contribution in [0.1, 0.15) is 17.0 Å². The van der Waals surface area contributed by atoms with Gasteiger partial charge in [0.25, 0.3) is 0 Å². The molecule has 5 rings (SSSR count). The second-order valence-electron chi connectivity index (χ2n) is 4.97. The molecule has 0 saturated carbocycles. The van der Waals surface area contributed by atoms with E-state index in [9.17, 15) is 13.2 Å². The lowest BCUT2D eigenvalue weighted by Crippen LogP contribution is -2.28. The van der Waals surface area contributed by atoms with Crippen molar-refractivity contribution in [2.45, 2.75) is 23.5 Å². The van der Waals surface area contributed by atoms with E-state index in [4.69, 9.17) is 0 Å². The first-order valence-electron chi connectivity index (χ1n) is 6.06. The normalized spacial score (nSPS) is 31.6. The molecular formula is C14H10F3NS. The quantitative estimate of drug-likeness (QED) is 0.843. The molecule has 1 nitrogen and oxygen atoms in total. The molecule has 0 aromatic heterocycles. The van der Waals surface area contributed by atoms with Crippen molar-refractivity contribution < 1.29 is 13.2 Å². The zero-order valence-corrected chi connectivity index (χ0v) is 10.6. The summed E-state index contributed by atoms with van der Waals surface area (Å²) in [4.78, 5) is 1.36. The van der Waals surface area contributed by atoms with Gasteiger partial charge in [0.05, 0.1) is 17.0 Å². The van der Waals surface area contributed by atoms with E-state index in [0.29, 0.717) is 5.37 Å². The molecule has 3 unspecified atom stereocenters. The molecule has 1 fully saturated rings. The van der Waals surface area contributed by atoms with Crippen LogP contribution in [0.15, 0.2) is 46.9 Å². The number of benzene rings is 1. The first kappa shape index (κ1) is 11.6. The summed E-state index contributed by atoms with van der Waals surface area (Å²) in [6, 6.07) is 5.77. The van der Waals surface area contributed by atoms with Crippen LogP contribution in [-0.4, -0.2) is 11.4 Å². The van der Waals surface area contributed by atoms with Gasteiger partial charge in [-0.2, -0.15) is 13.2 Å². The molecule has 1 aromatic carbocycles. The van der Waals surface area contributed by atoms with Crippen molar-refractivity contribution in [2.24, 2.45) is 0 Å². The first-order valence-corrected chi connectivity index (χ1v) is 6.94. The molecule has 3 aliphatic heterocycles. The van der Waals surface area contributed by atoms with Crippen molar-refractivity contribution in [3.05, 3.63) is 58.0 Å². The van der Waals surface area contributed by atoms with E-state index in [1.54, 1.807) is 12.1 Å². The van der Waals surface area contributed by atoms with Crippen LogP contribution in [-0.2, 0) is 6.18 Å². The third-order valence-corrected chi connectivity index (χ3v) is 5.26. The molecule has 5 heteroatoms. The lowest BCUT2D eigenvalue weighted by molar-refractivity contribution is -0.137. The van der Waals surface area contributed by atoms with Gasteiger partial charge in [0, 0.05) is 10.8 Å².